The van der Waals surface area contributed by atoms with E-state index in [4.69, 9.17) is 19.0 Å². The molecule has 1 saturated heterocycles. The standard InChI is InChI=1S/C21H20O13/c22-6-12(27)18-16(29)20(30)21(31,33-18)34-19-15(28)14-11(26)4-8(23)5-13(14)32-17(19)7-1-2-9(24)10(25)3-7/h1-5,12,16,18,20,22-27,29-31H,6H2/t12-,16+,18-,20-,21+/m1/s1. The molecule has 0 saturated carbocycles. The van der Waals surface area contributed by atoms with Crippen molar-refractivity contribution >= 4 is 11.0 Å². The molecule has 0 amide bonds. The van der Waals surface area contributed by atoms with E-state index in [-0.39, 0.29) is 11.1 Å². The number of aliphatic hydroxyl groups excluding tert-OH is 4. The topological polar surface area (TPSA) is 231 Å². The smallest absolute Gasteiger partial charge is 0.355 e. The molecule has 4 rings (SSSR count). The van der Waals surface area contributed by atoms with E-state index in [2.05, 4.69) is 0 Å². The Bertz CT molecular complexity index is 1300. The zero-order chi connectivity index (χ0) is 24.9. The van der Waals surface area contributed by atoms with Crippen LogP contribution in [-0.2, 0) is 4.74 Å². The van der Waals surface area contributed by atoms with Crippen molar-refractivity contribution in [2.45, 2.75) is 30.4 Å². The highest BCUT2D eigenvalue weighted by Gasteiger charge is 2.58. The number of rotatable bonds is 5. The summed E-state index contributed by atoms with van der Waals surface area (Å²) in [6.45, 7) is -0.905. The largest absolute Gasteiger partial charge is 0.508 e. The predicted molar refractivity (Wildman–Crippen MR) is 110 cm³/mol. The number of ether oxygens (including phenoxy) is 2. The molecule has 3 aromatic rings. The van der Waals surface area contributed by atoms with E-state index in [9.17, 15) is 45.6 Å². The van der Waals surface area contributed by atoms with Crippen molar-refractivity contribution in [3.05, 3.63) is 40.6 Å². The molecule has 0 aliphatic carbocycles. The maximum Gasteiger partial charge on any atom is 0.355 e. The molecule has 34 heavy (non-hydrogen) atoms. The first-order valence-corrected chi connectivity index (χ1v) is 9.76. The third-order valence-electron chi connectivity index (χ3n) is 5.31. The number of aliphatic hydroxyl groups is 5. The highest BCUT2D eigenvalue weighted by molar-refractivity contribution is 5.88. The van der Waals surface area contributed by atoms with Gasteiger partial charge in [-0.3, -0.25) is 4.79 Å². The summed E-state index contributed by atoms with van der Waals surface area (Å²) >= 11 is 0. The number of benzene rings is 2. The lowest BCUT2D eigenvalue weighted by Gasteiger charge is -2.27. The highest BCUT2D eigenvalue weighted by Crippen LogP contribution is 2.41. The normalized spacial score (nSPS) is 25.5. The van der Waals surface area contributed by atoms with Gasteiger partial charge in [0.05, 0.1) is 6.61 Å². The Balaban J connectivity index is 1.93. The number of phenols is 4. The summed E-state index contributed by atoms with van der Waals surface area (Å²) in [6, 6.07) is 5.04. The second kappa shape index (κ2) is 8.32. The summed E-state index contributed by atoms with van der Waals surface area (Å²) < 4.78 is 15.9. The molecule has 1 aliphatic heterocycles. The molecular formula is C21H20O13. The van der Waals surface area contributed by atoms with Gasteiger partial charge in [-0.05, 0) is 18.2 Å². The lowest BCUT2D eigenvalue weighted by molar-refractivity contribution is -0.342. The van der Waals surface area contributed by atoms with E-state index < -0.39 is 82.3 Å². The van der Waals surface area contributed by atoms with Crippen LogP contribution in [0, 0.1) is 0 Å². The Labute approximate surface area is 189 Å². The lowest BCUT2D eigenvalue weighted by Crippen LogP contribution is -2.48. The van der Waals surface area contributed by atoms with E-state index in [0.29, 0.717) is 0 Å². The molecule has 1 fully saturated rings. The van der Waals surface area contributed by atoms with Gasteiger partial charge >= 0.3 is 5.97 Å². The van der Waals surface area contributed by atoms with Crippen LogP contribution in [0.3, 0.4) is 0 Å². The van der Waals surface area contributed by atoms with Crippen LogP contribution in [0.5, 0.6) is 28.7 Å². The Morgan fingerprint density at radius 2 is 1.74 bits per heavy atom. The first-order valence-electron chi connectivity index (χ1n) is 9.76. The SMILES string of the molecule is O=c1c(O[C@@]2(O)O[C@H]([C@H](O)CO)[C@H](O)[C@H]2O)c(-c2ccc(O)c(O)c2)oc2cc(O)cc(O)c12. The van der Waals surface area contributed by atoms with Gasteiger partial charge in [0.25, 0.3) is 0 Å². The van der Waals surface area contributed by atoms with E-state index >= 15 is 0 Å². The summed E-state index contributed by atoms with van der Waals surface area (Å²) in [5, 5.41) is 89.0. The van der Waals surface area contributed by atoms with Crippen LogP contribution in [0.25, 0.3) is 22.3 Å². The minimum atomic E-state index is -3.14. The van der Waals surface area contributed by atoms with Gasteiger partial charge in [-0.25, -0.2) is 0 Å². The van der Waals surface area contributed by atoms with Crippen LogP contribution in [0.4, 0.5) is 0 Å². The summed E-state index contributed by atoms with van der Waals surface area (Å²) in [7, 11) is 0. The third kappa shape index (κ3) is 3.75. The van der Waals surface area contributed by atoms with Gasteiger partial charge in [0.2, 0.25) is 11.2 Å². The quantitative estimate of drug-likeness (QED) is 0.154. The highest BCUT2D eigenvalue weighted by atomic mass is 16.8. The number of phenolic OH excluding ortho intramolecular Hbond substituents is 4. The third-order valence-corrected chi connectivity index (χ3v) is 5.31. The van der Waals surface area contributed by atoms with Crippen LogP contribution < -0.4 is 10.2 Å². The molecule has 9 N–H and O–H groups in total. The van der Waals surface area contributed by atoms with Crippen molar-refractivity contribution in [3.63, 3.8) is 0 Å². The van der Waals surface area contributed by atoms with Crippen molar-refractivity contribution in [2.24, 2.45) is 0 Å². The predicted octanol–water partition coefficient (Wildman–Crippen LogP) is -1.22. The molecule has 2 heterocycles. The Kier molecular flexibility index (Phi) is 5.77. The molecule has 0 bridgehead atoms. The van der Waals surface area contributed by atoms with Gasteiger partial charge in [-0.1, -0.05) is 0 Å². The molecule has 0 radical (unpaired) electrons. The van der Waals surface area contributed by atoms with Crippen molar-refractivity contribution in [2.75, 3.05) is 6.61 Å². The number of fused-ring (bicyclic) bond motifs is 1. The lowest BCUT2D eigenvalue weighted by atomic mass is 10.1. The van der Waals surface area contributed by atoms with Gasteiger partial charge in [-0.15, -0.1) is 0 Å². The molecule has 1 aromatic heterocycles. The van der Waals surface area contributed by atoms with Crippen molar-refractivity contribution in [1.82, 2.24) is 0 Å². The van der Waals surface area contributed by atoms with Crippen molar-refractivity contribution in [3.8, 4) is 40.1 Å². The molecule has 2 aromatic carbocycles. The van der Waals surface area contributed by atoms with E-state index in [1.165, 1.54) is 6.07 Å². The van der Waals surface area contributed by atoms with Crippen LogP contribution >= 0.6 is 0 Å². The summed E-state index contributed by atoms with van der Waals surface area (Å²) in [5.74, 6) is -6.82. The average Bonchev–Trinajstić information content (AvgIpc) is 3.00. The Morgan fingerprint density at radius 1 is 1.03 bits per heavy atom. The van der Waals surface area contributed by atoms with Gasteiger partial charge in [0.15, 0.2) is 23.4 Å². The minimum absolute atomic E-state index is 0.0873. The maximum atomic E-state index is 13.3. The number of aromatic hydroxyl groups is 4. The van der Waals surface area contributed by atoms with Crippen LogP contribution in [-0.4, -0.2) is 83.0 Å². The van der Waals surface area contributed by atoms with Crippen molar-refractivity contribution < 1.29 is 59.8 Å². The van der Waals surface area contributed by atoms with E-state index in [1.807, 2.05) is 0 Å². The first kappa shape index (κ1) is 23.6. The van der Waals surface area contributed by atoms with Crippen LogP contribution in [0.1, 0.15) is 0 Å². The second-order valence-corrected chi connectivity index (χ2v) is 7.63. The molecule has 5 atom stereocenters. The van der Waals surface area contributed by atoms with Gasteiger partial charge < -0.3 is 59.8 Å². The first-order chi connectivity index (χ1) is 16.0. The molecule has 13 heteroatoms. The zero-order valence-corrected chi connectivity index (χ0v) is 17.1. The summed E-state index contributed by atoms with van der Waals surface area (Å²) in [5.41, 5.74) is -1.53. The fourth-order valence-electron chi connectivity index (χ4n) is 3.59. The molecule has 182 valence electrons. The second-order valence-electron chi connectivity index (χ2n) is 7.63. The molecule has 0 unspecified atom stereocenters. The van der Waals surface area contributed by atoms with Gasteiger partial charge in [0, 0.05) is 17.7 Å². The minimum Gasteiger partial charge on any atom is -0.508 e. The zero-order valence-electron chi connectivity index (χ0n) is 17.1. The monoisotopic (exact) mass is 480 g/mol. The summed E-state index contributed by atoms with van der Waals surface area (Å²) in [4.78, 5) is 13.3. The summed E-state index contributed by atoms with van der Waals surface area (Å²) in [6.07, 6.45) is -7.66. The van der Waals surface area contributed by atoms with Gasteiger partial charge in [0.1, 0.15) is 40.8 Å². The molecule has 1 aliphatic rings. The fourth-order valence-corrected chi connectivity index (χ4v) is 3.59. The maximum absolute atomic E-state index is 13.3. The van der Waals surface area contributed by atoms with E-state index in [0.717, 1.165) is 24.3 Å². The average molecular weight is 480 g/mol. The number of hydrogen-bond donors (Lipinski definition) is 9. The molecular weight excluding hydrogens is 460 g/mol. The Morgan fingerprint density at radius 3 is 2.38 bits per heavy atom. The van der Waals surface area contributed by atoms with Crippen molar-refractivity contribution in [1.29, 1.82) is 0 Å². The van der Waals surface area contributed by atoms with Crippen LogP contribution in [0.2, 0.25) is 0 Å². The molecule has 13 nitrogen and oxygen atoms in total. The fraction of sp³-hybridized carbons (Fsp3) is 0.286. The Hall–Kier alpha value is -3.59. The van der Waals surface area contributed by atoms with Crippen LogP contribution in [0.15, 0.2) is 39.5 Å². The number of hydrogen-bond acceptors (Lipinski definition) is 13. The van der Waals surface area contributed by atoms with Gasteiger partial charge in [-0.2, -0.15) is 0 Å². The van der Waals surface area contributed by atoms with E-state index in [1.54, 1.807) is 0 Å². The molecule has 0 spiro atoms.